The van der Waals surface area contributed by atoms with Crippen LogP contribution in [0, 0.1) is 5.41 Å². The molecule has 0 heterocycles. The second kappa shape index (κ2) is 6.75. The van der Waals surface area contributed by atoms with Gasteiger partial charge in [-0.3, -0.25) is 9.59 Å². The topological polar surface area (TPSA) is 93.4 Å². The second-order valence-electron chi connectivity index (χ2n) is 6.57. The maximum absolute atomic E-state index is 12.3. The maximum atomic E-state index is 12.3. The van der Waals surface area contributed by atoms with Crippen molar-refractivity contribution in [3.05, 3.63) is 0 Å². The lowest BCUT2D eigenvalue weighted by Gasteiger charge is -2.57. The highest BCUT2D eigenvalue weighted by molar-refractivity contribution is 5.89. The molecule has 0 bridgehead atoms. The van der Waals surface area contributed by atoms with Gasteiger partial charge in [-0.1, -0.05) is 13.8 Å². The number of hydrogen-bond acceptors (Lipinski definition) is 4. The molecule has 21 heavy (non-hydrogen) atoms. The molecule has 0 saturated heterocycles. The quantitative estimate of drug-likeness (QED) is 0.640. The van der Waals surface area contributed by atoms with Crippen molar-refractivity contribution in [2.75, 3.05) is 13.2 Å². The summed E-state index contributed by atoms with van der Waals surface area (Å²) in [6.45, 7) is 10.5. The summed E-state index contributed by atoms with van der Waals surface area (Å²) in [6, 6.07) is 0.103. The Hall–Kier alpha value is -1.14. The number of rotatable bonds is 7. The fourth-order valence-corrected chi connectivity index (χ4v) is 2.66. The van der Waals surface area contributed by atoms with E-state index < -0.39 is 11.0 Å². The normalized spacial score (nSPS) is 27.1. The Labute approximate surface area is 127 Å². The molecule has 0 spiro atoms. The zero-order valence-electron chi connectivity index (χ0n) is 13.8. The number of hydrogen-bond donors (Lipinski definition) is 3. The van der Waals surface area contributed by atoms with Crippen molar-refractivity contribution in [2.24, 2.45) is 11.1 Å². The highest BCUT2D eigenvalue weighted by Gasteiger charge is 2.62. The van der Waals surface area contributed by atoms with E-state index in [0.29, 0.717) is 19.6 Å². The standard InChI is InChI=1S/C15H29N3O3/c1-6-21-11-9-15(16,14(11,4)5)13(20)17-8-7-12(19)18-10(2)3/h10-11H,6-9,16H2,1-5H3,(H,17,20)(H,18,19). The Morgan fingerprint density at radius 1 is 1.38 bits per heavy atom. The van der Waals surface area contributed by atoms with Crippen LogP contribution in [0.25, 0.3) is 0 Å². The number of carbonyl (C=O) groups is 2. The molecule has 2 unspecified atom stereocenters. The molecule has 1 aliphatic carbocycles. The van der Waals surface area contributed by atoms with Crippen molar-refractivity contribution in [1.29, 1.82) is 0 Å². The van der Waals surface area contributed by atoms with Gasteiger partial charge in [-0.15, -0.1) is 0 Å². The Morgan fingerprint density at radius 3 is 2.48 bits per heavy atom. The van der Waals surface area contributed by atoms with Crippen LogP contribution in [0.2, 0.25) is 0 Å². The van der Waals surface area contributed by atoms with Crippen molar-refractivity contribution < 1.29 is 14.3 Å². The van der Waals surface area contributed by atoms with E-state index in [9.17, 15) is 9.59 Å². The van der Waals surface area contributed by atoms with E-state index in [1.54, 1.807) is 0 Å². The van der Waals surface area contributed by atoms with Crippen LogP contribution in [-0.2, 0) is 14.3 Å². The zero-order chi connectivity index (χ0) is 16.3. The summed E-state index contributed by atoms with van der Waals surface area (Å²) in [5, 5.41) is 5.55. The van der Waals surface area contributed by atoms with Gasteiger partial charge >= 0.3 is 0 Å². The molecule has 0 aromatic carbocycles. The van der Waals surface area contributed by atoms with Crippen LogP contribution >= 0.6 is 0 Å². The summed E-state index contributed by atoms with van der Waals surface area (Å²) in [7, 11) is 0. The van der Waals surface area contributed by atoms with Crippen LogP contribution in [0.1, 0.15) is 47.5 Å². The highest BCUT2D eigenvalue weighted by atomic mass is 16.5. The number of amides is 2. The number of nitrogens with one attached hydrogen (secondary N) is 2. The van der Waals surface area contributed by atoms with Gasteiger partial charge in [0, 0.05) is 37.5 Å². The Morgan fingerprint density at radius 2 is 2.00 bits per heavy atom. The minimum Gasteiger partial charge on any atom is -0.378 e. The number of nitrogens with two attached hydrogens (primary N) is 1. The van der Waals surface area contributed by atoms with Crippen LogP contribution in [0.5, 0.6) is 0 Å². The van der Waals surface area contributed by atoms with E-state index in [4.69, 9.17) is 10.5 Å². The molecule has 0 aliphatic heterocycles. The lowest BCUT2D eigenvalue weighted by atomic mass is 9.54. The molecule has 122 valence electrons. The first kappa shape index (κ1) is 17.9. The molecule has 1 fully saturated rings. The van der Waals surface area contributed by atoms with E-state index in [2.05, 4.69) is 10.6 Å². The molecule has 1 rings (SSSR count). The highest BCUT2D eigenvalue weighted by Crippen LogP contribution is 2.49. The van der Waals surface area contributed by atoms with E-state index in [1.165, 1.54) is 0 Å². The summed E-state index contributed by atoms with van der Waals surface area (Å²) in [6.07, 6.45) is 0.773. The minimum atomic E-state index is -0.929. The van der Waals surface area contributed by atoms with E-state index in [-0.39, 0.29) is 30.4 Å². The van der Waals surface area contributed by atoms with Crippen LogP contribution < -0.4 is 16.4 Å². The molecule has 0 aromatic heterocycles. The Bertz CT molecular complexity index is 396. The van der Waals surface area contributed by atoms with Crippen molar-refractivity contribution in [3.8, 4) is 0 Å². The van der Waals surface area contributed by atoms with Crippen molar-refractivity contribution in [3.63, 3.8) is 0 Å². The third-order valence-electron chi connectivity index (χ3n) is 4.32. The molecule has 0 radical (unpaired) electrons. The molecular weight excluding hydrogens is 270 g/mol. The molecular formula is C15H29N3O3. The SMILES string of the molecule is CCOC1CC(N)(C(=O)NCCC(=O)NC(C)C)C1(C)C. The zero-order valence-corrected chi connectivity index (χ0v) is 13.8. The van der Waals surface area contributed by atoms with Gasteiger partial charge in [-0.25, -0.2) is 0 Å². The van der Waals surface area contributed by atoms with Gasteiger partial charge in [-0.2, -0.15) is 0 Å². The summed E-state index contributed by atoms with van der Waals surface area (Å²) in [5.41, 5.74) is 4.91. The first-order chi connectivity index (χ1) is 9.65. The molecule has 1 saturated carbocycles. The fraction of sp³-hybridized carbons (Fsp3) is 0.867. The predicted octanol–water partition coefficient (Wildman–Crippen LogP) is 0.550. The summed E-state index contributed by atoms with van der Waals surface area (Å²) >= 11 is 0. The van der Waals surface area contributed by atoms with Gasteiger partial charge in [-0.05, 0) is 20.8 Å². The monoisotopic (exact) mass is 299 g/mol. The molecule has 6 nitrogen and oxygen atoms in total. The predicted molar refractivity (Wildman–Crippen MR) is 81.6 cm³/mol. The molecule has 2 atom stereocenters. The fourth-order valence-electron chi connectivity index (χ4n) is 2.66. The Balaban J connectivity index is 2.44. The van der Waals surface area contributed by atoms with Crippen LogP contribution in [0.15, 0.2) is 0 Å². The molecule has 1 aliphatic rings. The third-order valence-corrected chi connectivity index (χ3v) is 4.32. The van der Waals surface area contributed by atoms with E-state index in [1.807, 2.05) is 34.6 Å². The summed E-state index contributed by atoms with van der Waals surface area (Å²) < 4.78 is 5.60. The van der Waals surface area contributed by atoms with E-state index >= 15 is 0 Å². The lowest BCUT2D eigenvalue weighted by Crippen LogP contribution is -2.75. The van der Waals surface area contributed by atoms with Gasteiger partial charge in [0.2, 0.25) is 11.8 Å². The average Bonchev–Trinajstić information content (AvgIpc) is 2.37. The van der Waals surface area contributed by atoms with Gasteiger partial charge in [0.1, 0.15) is 5.54 Å². The van der Waals surface area contributed by atoms with Crippen molar-refractivity contribution >= 4 is 11.8 Å². The molecule has 4 N–H and O–H groups in total. The van der Waals surface area contributed by atoms with Crippen molar-refractivity contribution in [2.45, 2.75) is 65.1 Å². The second-order valence-corrected chi connectivity index (χ2v) is 6.57. The third kappa shape index (κ3) is 3.74. The van der Waals surface area contributed by atoms with Gasteiger partial charge in [0.05, 0.1) is 6.10 Å². The van der Waals surface area contributed by atoms with Gasteiger partial charge in [0.15, 0.2) is 0 Å². The average molecular weight is 299 g/mol. The summed E-state index contributed by atoms with van der Waals surface area (Å²) in [4.78, 5) is 23.8. The lowest BCUT2D eigenvalue weighted by molar-refractivity contribution is -0.170. The summed E-state index contributed by atoms with van der Waals surface area (Å²) in [5.74, 6) is -0.280. The van der Waals surface area contributed by atoms with Crippen LogP contribution in [-0.4, -0.2) is 42.7 Å². The first-order valence-corrected chi connectivity index (χ1v) is 7.63. The van der Waals surface area contributed by atoms with Crippen LogP contribution in [0.4, 0.5) is 0 Å². The maximum Gasteiger partial charge on any atom is 0.240 e. The first-order valence-electron chi connectivity index (χ1n) is 7.63. The Kier molecular flexibility index (Phi) is 5.75. The molecule has 2 amide bonds. The van der Waals surface area contributed by atoms with Crippen molar-refractivity contribution in [1.82, 2.24) is 10.6 Å². The largest absolute Gasteiger partial charge is 0.378 e. The molecule has 6 heteroatoms. The van der Waals surface area contributed by atoms with Gasteiger partial charge < -0.3 is 21.1 Å². The number of ether oxygens (including phenoxy) is 1. The number of carbonyl (C=O) groups excluding carboxylic acids is 2. The van der Waals surface area contributed by atoms with Gasteiger partial charge in [0.25, 0.3) is 0 Å². The minimum absolute atomic E-state index is 0.00231. The van der Waals surface area contributed by atoms with Crippen LogP contribution in [0.3, 0.4) is 0 Å². The van der Waals surface area contributed by atoms with E-state index in [0.717, 1.165) is 0 Å². The molecule has 0 aromatic rings. The smallest absolute Gasteiger partial charge is 0.240 e.